The molecule has 0 spiro atoms. The third kappa shape index (κ3) is 4.86. The van der Waals surface area contributed by atoms with Gasteiger partial charge in [0, 0.05) is 23.9 Å². The van der Waals surface area contributed by atoms with E-state index in [-0.39, 0.29) is 30.4 Å². The van der Waals surface area contributed by atoms with Gasteiger partial charge in [0.25, 0.3) is 5.91 Å². The number of rotatable bonds is 8. The van der Waals surface area contributed by atoms with Crippen LogP contribution in [0.15, 0.2) is 53.7 Å². The van der Waals surface area contributed by atoms with Crippen LogP contribution < -0.4 is 20.1 Å². The summed E-state index contributed by atoms with van der Waals surface area (Å²) in [6.45, 7) is 4.62. The molecule has 0 saturated carbocycles. The number of hydrogen-bond donors (Lipinski definition) is 2. The largest absolute Gasteiger partial charge is 0.454 e. The van der Waals surface area contributed by atoms with Crippen molar-refractivity contribution in [2.75, 3.05) is 17.9 Å². The van der Waals surface area contributed by atoms with Gasteiger partial charge in [0.1, 0.15) is 0 Å². The van der Waals surface area contributed by atoms with Gasteiger partial charge in [-0.2, -0.15) is 0 Å². The molecule has 1 aromatic heterocycles. The summed E-state index contributed by atoms with van der Waals surface area (Å²) in [7, 11) is 0. The van der Waals surface area contributed by atoms with Crippen molar-refractivity contribution < 1.29 is 19.1 Å². The van der Waals surface area contributed by atoms with Crippen molar-refractivity contribution in [2.45, 2.75) is 31.6 Å². The highest BCUT2D eigenvalue weighted by molar-refractivity contribution is 7.99. The molecule has 10 heteroatoms. The Kier molecular flexibility index (Phi) is 6.60. The Morgan fingerprint density at radius 1 is 1.12 bits per heavy atom. The van der Waals surface area contributed by atoms with E-state index in [0.29, 0.717) is 40.3 Å². The average molecular weight is 454 g/mol. The molecule has 0 radical (unpaired) electrons. The standard InChI is InChI=1S/C22H23N5O4S/c1-3-27-20(14(2)23-21(29)15-7-5-4-6-8-15)25-26-22(27)32-12-19(28)24-16-9-10-17-18(11-16)31-13-30-17/h4-11,14H,3,12-13H2,1-2H3,(H,23,29)(H,24,28)/t14-/m0/s1. The number of aromatic nitrogens is 3. The minimum atomic E-state index is -0.341. The van der Waals surface area contributed by atoms with Gasteiger partial charge in [0.15, 0.2) is 22.5 Å². The lowest BCUT2D eigenvalue weighted by atomic mass is 10.2. The van der Waals surface area contributed by atoms with Crippen LogP contribution in [0.5, 0.6) is 11.5 Å². The van der Waals surface area contributed by atoms with Gasteiger partial charge in [0.2, 0.25) is 12.7 Å². The average Bonchev–Trinajstić information content (AvgIpc) is 3.44. The first-order valence-corrected chi connectivity index (χ1v) is 11.1. The third-order valence-electron chi connectivity index (χ3n) is 4.82. The van der Waals surface area contributed by atoms with Crippen LogP contribution in [0, 0.1) is 0 Å². The van der Waals surface area contributed by atoms with Crippen LogP contribution in [0.25, 0.3) is 0 Å². The number of benzene rings is 2. The van der Waals surface area contributed by atoms with E-state index < -0.39 is 0 Å². The maximum Gasteiger partial charge on any atom is 0.251 e. The van der Waals surface area contributed by atoms with Crippen molar-refractivity contribution in [3.63, 3.8) is 0 Å². The van der Waals surface area contributed by atoms with E-state index in [1.54, 1.807) is 30.3 Å². The number of carbonyl (C=O) groups is 2. The van der Waals surface area contributed by atoms with Crippen molar-refractivity contribution >= 4 is 29.3 Å². The molecule has 2 aromatic carbocycles. The molecule has 1 aliphatic rings. The normalized spacial score (nSPS) is 12.9. The molecule has 1 atom stereocenters. The van der Waals surface area contributed by atoms with Crippen LogP contribution in [0.2, 0.25) is 0 Å². The summed E-state index contributed by atoms with van der Waals surface area (Å²) in [5, 5.41) is 14.9. The van der Waals surface area contributed by atoms with Gasteiger partial charge < -0.3 is 24.7 Å². The lowest BCUT2D eigenvalue weighted by Crippen LogP contribution is -2.28. The fourth-order valence-electron chi connectivity index (χ4n) is 3.26. The molecule has 0 aliphatic carbocycles. The predicted molar refractivity (Wildman–Crippen MR) is 120 cm³/mol. The Labute approximate surface area is 189 Å². The highest BCUT2D eigenvalue weighted by Crippen LogP contribution is 2.34. The molecule has 4 rings (SSSR count). The van der Waals surface area contributed by atoms with Crippen molar-refractivity contribution in [1.82, 2.24) is 20.1 Å². The number of nitrogens with one attached hydrogen (secondary N) is 2. The van der Waals surface area contributed by atoms with E-state index in [0.717, 1.165) is 0 Å². The molecule has 2 N–H and O–H groups in total. The zero-order valence-corrected chi connectivity index (χ0v) is 18.5. The van der Waals surface area contributed by atoms with Gasteiger partial charge in [-0.05, 0) is 38.1 Å². The number of nitrogens with zero attached hydrogens (tertiary/aromatic N) is 3. The van der Waals surface area contributed by atoms with Gasteiger partial charge in [-0.1, -0.05) is 30.0 Å². The number of anilines is 1. The van der Waals surface area contributed by atoms with Crippen LogP contribution >= 0.6 is 11.8 Å². The predicted octanol–water partition coefficient (Wildman–Crippen LogP) is 3.25. The van der Waals surface area contributed by atoms with Gasteiger partial charge in [-0.15, -0.1) is 10.2 Å². The molecule has 9 nitrogen and oxygen atoms in total. The van der Waals surface area contributed by atoms with E-state index in [9.17, 15) is 9.59 Å². The molecule has 2 amide bonds. The lowest BCUT2D eigenvalue weighted by Gasteiger charge is -2.15. The van der Waals surface area contributed by atoms with Crippen molar-refractivity contribution in [1.29, 1.82) is 0 Å². The van der Waals surface area contributed by atoms with Gasteiger partial charge in [-0.3, -0.25) is 9.59 Å². The summed E-state index contributed by atoms with van der Waals surface area (Å²) in [6.07, 6.45) is 0. The SMILES string of the molecule is CCn1c(SCC(=O)Nc2ccc3c(c2)OCO3)nnc1[C@H](C)NC(=O)c1ccccc1. The molecular formula is C22H23N5O4S. The van der Waals surface area contributed by atoms with Crippen molar-refractivity contribution in [3.8, 4) is 11.5 Å². The summed E-state index contributed by atoms with van der Waals surface area (Å²) in [6, 6.07) is 13.9. The zero-order valence-electron chi connectivity index (χ0n) is 17.7. The Balaban J connectivity index is 1.36. The second-order valence-electron chi connectivity index (χ2n) is 7.05. The monoisotopic (exact) mass is 453 g/mol. The highest BCUT2D eigenvalue weighted by Gasteiger charge is 2.20. The second-order valence-corrected chi connectivity index (χ2v) is 7.99. The molecular weight excluding hydrogens is 430 g/mol. The Hall–Kier alpha value is -3.53. The maximum atomic E-state index is 12.5. The molecule has 0 bridgehead atoms. The highest BCUT2D eigenvalue weighted by atomic mass is 32.2. The quantitative estimate of drug-likeness (QED) is 0.504. The first-order chi connectivity index (χ1) is 15.5. The number of ether oxygens (including phenoxy) is 2. The summed E-state index contributed by atoms with van der Waals surface area (Å²) in [4.78, 5) is 24.9. The van der Waals surface area contributed by atoms with Crippen LogP contribution in [0.3, 0.4) is 0 Å². The Morgan fingerprint density at radius 3 is 2.69 bits per heavy atom. The second kappa shape index (κ2) is 9.73. The first-order valence-electron chi connectivity index (χ1n) is 10.2. The number of thioether (sulfide) groups is 1. The molecule has 2 heterocycles. The van der Waals surface area contributed by atoms with E-state index in [1.807, 2.05) is 36.6 Å². The Morgan fingerprint density at radius 2 is 1.91 bits per heavy atom. The van der Waals surface area contributed by atoms with Crippen LogP contribution in [0.1, 0.15) is 36.1 Å². The molecule has 32 heavy (non-hydrogen) atoms. The fraction of sp³-hybridized carbons (Fsp3) is 0.273. The maximum absolute atomic E-state index is 12.5. The molecule has 166 valence electrons. The molecule has 0 saturated heterocycles. The minimum absolute atomic E-state index is 0.164. The molecule has 3 aromatic rings. The van der Waals surface area contributed by atoms with Crippen molar-refractivity contribution in [2.24, 2.45) is 0 Å². The van der Waals surface area contributed by atoms with Gasteiger partial charge in [-0.25, -0.2) is 0 Å². The lowest BCUT2D eigenvalue weighted by molar-refractivity contribution is -0.113. The molecule has 0 unspecified atom stereocenters. The number of carbonyl (C=O) groups excluding carboxylic acids is 2. The third-order valence-corrected chi connectivity index (χ3v) is 5.79. The summed E-state index contributed by atoms with van der Waals surface area (Å²) >= 11 is 1.29. The molecule has 1 aliphatic heterocycles. The van der Waals surface area contributed by atoms with Crippen LogP contribution in [-0.4, -0.2) is 39.1 Å². The van der Waals surface area contributed by atoms with Gasteiger partial charge in [0.05, 0.1) is 11.8 Å². The zero-order chi connectivity index (χ0) is 22.5. The molecule has 0 fully saturated rings. The first kappa shape index (κ1) is 21.7. The topological polar surface area (TPSA) is 107 Å². The summed E-state index contributed by atoms with van der Waals surface area (Å²) < 4.78 is 12.5. The van der Waals surface area contributed by atoms with E-state index in [4.69, 9.17) is 9.47 Å². The number of hydrogen-bond acceptors (Lipinski definition) is 7. The fourth-order valence-corrected chi connectivity index (χ4v) is 4.07. The minimum Gasteiger partial charge on any atom is -0.454 e. The summed E-state index contributed by atoms with van der Waals surface area (Å²) in [5.41, 5.74) is 1.21. The Bertz CT molecular complexity index is 1120. The van der Waals surface area contributed by atoms with E-state index in [1.165, 1.54) is 11.8 Å². The van der Waals surface area contributed by atoms with Crippen LogP contribution in [0.4, 0.5) is 5.69 Å². The smallest absolute Gasteiger partial charge is 0.251 e. The number of fused-ring (bicyclic) bond motifs is 1. The van der Waals surface area contributed by atoms with E-state index >= 15 is 0 Å². The van der Waals surface area contributed by atoms with E-state index in [2.05, 4.69) is 20.8 Å². The summed E-state index contributed by atoms with van der Waals surface area (Å²) in [5.74, 6) is 1.71. The van der Waals surface area contributed by atoms with Gasteiger partial charge >= 0.3 is 0 Å². The number of amides is 2. The van der Waals surface area contributed by atoms with Crippen LogP contribution in [-0.2, 0) is 11.3 Å². The van der Waals surface area contributed by atoms with Crippen molar-refractivity contribution in [3.05, 3.63) is 59.9 Å².